The molecule has 3 heteroatoms. The van der Waals surface area contributed by atoms with Crippen molar-refractivity contribution >= 4 is 11.8 Å². The van der Waals surface area contributed by atoms with E-state index in [2.05, 4.69) is 13.8 Å². The smallest absolute Gasteiger partial charge is 0.0705 e. The lowest BCUT2D eigenvalue weighted by atomic mass is 10.2. The number of thioether (sulfide) groups is 1. The fourth-order valence-corrected chi connectivity index (χ4v) is 2.36. The highest BCUT2D eigenvalue weighted by molar-refractivity contribution is 7.99. The minimum absolute atomic E-state index is 0.268. The summed E-state index contributed by atoms with van der Waals surface area (Å²) in [5.74, 6) is 3.27. The molecule has 2 atom stereocenters. The SMILES string of the molecule is CCOC(CN)CCSCC(C)CC. The van der Waals surface area contributed by atoms with Crippen molar-refractivity contribution in [2.24, 2.45) is 11.7 Å². The Morgan fingerprint density at radius 3 is 2.57 bits per heavy atom. The molecule has 2 unspecified atom stereocenters. The van der Waals surface area contributed by atoms with Gasteiger partial charge in [-0.2, -0.15) is 11.8 Å². The maximum absolute atomic E-state index is 5.59. The molecule has 2 N–H and O–H groups in total. The highest BCUT2D eigenvalue weighted by Crippen LogP contribution is 2.13. The Balaban J connectivity index is 3.32. The average molecular weight is 219 g/mol. The molecular weight excluding hydrogens is 194 g/mol. The lowest BCUT2D eigenvalue weighted by Gasteiger charge is -2.14. The van der Waals surface area contributed by atoms with Gasteiger partial charge in [0.15, 0.2) is 0 Å². The molecule has 0 bridgehead atoms. The molecular formula is C11H25NOS. The van der Waals surface area contributed by atoms with Gasteiger partial charge in [-0.3, -0.25) is 0 Å². The molecule has 0 aliphatic rings. The van der Waals surface area contributed by atoms with Crippen molar-refractivity contribution < 1.29 is 4.74 Å². The quantitative estimate of drug-likeness (QED) is 0.605. The van der Waals surface area contributed by atoms with Gasteiger partial charge in [0.2, 0.25) is 0 Å². The first-order chi connectivity index (χ1) is 6.74. The van der Waals surface area contributed by atoms with Crippen LogP contribution in [0.4, 0.5) is 0 Å². The van der Waals surface area contributed by atoms with Gasteiger partial charge >= 0.3 is 0 Å². The van der Waals surface area contributed by atoms with E-state index in [1.807, 2.05) is 18.7 Å². The number of ether oxygens (including phenoxy) is 1. The van der Waals surface area contributed by atoms with Gasteiger partial charge < -0.3 is 10.5 Å². The monoisotopic (exact) mass is 219 g/mol. The second kappa shape index (κ2) is 9.81. The van der Waals surface area contributed by atoms with Crippen LogP contribution in [0, 0.1) is 5.92 Å². The van der Waals surface area contributed by atoms with E-state index in [1.54, 1.807) is 0 Å². The number of rotatable bonds is 9. The molecule has 0 amide bonds. The molecule has 0 saturated heterocycles. The Morgan fingerprint density at radius 2 is 2.07 bits per heavy atom. The molecule has 0 aliphatic carbocycles. The van der Waals surface area contributed by atoms with Crippen molar-refractivity contribution in [1.82, 2.24) is 0 Å². The van der Waals surface area contributed by atoms with Crippen LogP contribution in [0.15, 0.2) is 0 Å². The molecule has 0 fully saturated rings. The van der Waals surface area contributed by atoms with Crippen LogP contribution in [0.1, 0.15) is 33.6 Å². The Hall–Kier alpha value is 0.270. The Morgan fingerprint density at radius 1 is 1.36 bits per heavy atom. The van der Waals surface area contributed by atoms with E-state index in [9.17, 15) is 0 Å². The molecule has 0 rings (SSSR count). The predicted molar refractivity (Wildman–Crippen MR) is 65.9 cm³/mol. The van der Waals surface area contributed by atoms with E-state index in [4.69, 9.17) is 10.5 Å². The predicted octanol–water partition coefficient (Wildman–Crippen LogP) is 2.52. The van der Waals surface area contributed by atoms with Crippen LogP contribution in [-0.2, 0) is 4.74 Å². The van der Waals surface area contributed by atoms with Crippen molar-refractivity contribution in [2.45, 2.75) is 39.7 Å². The Kier molecular flexibility index (Phi) is 10.0. The third kappa shape index (κ3) is 7.65. The van der Waals surface area contributed by atoms with E-state index in [1.165, 1.54) is 17.9 Å². The Bertz CT molecular complexity index is 122. The summed E-state index contributed by atoms with van der Waals surface area (Å²) in [5.41, 5.74) is 5.59. The van der Waals surface area contributed by atoms with Gasteiger partial charge in [0, 0.05) is 13.2 Å². The minimum Gasteiger partial charge on any atom is -0.377 e. The highest BCUT2D eigenvalue weighted by Gasteiger charge is 2.06. The van der Waals surface area contributed by atoms with E-state index in [0.717, 1.165) is 18.9 Å². The lowest BCUT2D eigenvalue weighted by molar-refractivity contribution is 0.0674. The first-order valence-electron chi connectivity index (χ1n) is 5.63. The third-order valence-corrected chi connectivity index (χ3v) is 3.68. The molecule has 0 aromatic carbocycles. The number of nitrogens with two attached hydrogens (primary N) is 1. The van der Waals surface area contributed by atoms with E-state index < -0.39 is 0 Å². The fourth-order valence-electron chi connectivity index (χ4n) is 1.12. The zero-order valence-electron chi connectivity index (χ0n) is 9.79. The van der Waals surface area contributed by atoms with Gasteiger partial charge in [-0.05, 0) is 30.8 Å². The summed E-state index contributed by atoms with van der Waals surface area (Å²) in [5, 5.41) is 0. The normalized spacial score (nSPS) is 15.4. The maximum atomic E-state index is 5.59. The minimum atomic E-state index is 0.268. The topological polar surface area (TPSA) is 35.2 Å². The van der Waals surface area contributed by atoms with Crippen LogP contribution >= 0.6 is 11.8 Å². The van der Waals surface area contributed by atoms with Crippen molar-refractivity contribution in [2.75, 3.05) is 24.7 Å². The van der Waals surface area contributed by atoms with Crippen LogP contribution in [0.2, 0.25) is 0 Å². The zero-order valence-corrected chi connectivity index (χ0v) is 10.6. The van der Waals surface area contributed by atoms with Crippen LogP contribution < -0.4 is 5.73 Å². The van der Waals surface area contributed by atoms with Gasteiger partial charge in [-0.1, -0.05) is 20.3 Å². The standard InChI is InChI=1S/C11H25NOS/c1-4-10(3)9-14-7-6-11(8-12)13-5-2/h10-11H,4-9,12H2,1-3H3. The van der Waals surface area contributed by atoms with Crippen LogP contribution in [0.3, 0.4) is 0 Å². The van der Waals surface area contributed by atoms with Crippen molar-refractivity contribution in [3.63, 3.8) is 0 Å². The largest absolute Gasteiger partial charge is 0.377 e. The number of hydrogen-bond donors (Lipinski definition) is 1. The summed E-state index contributed by atoms with van der Waals surface area (Å²) in [7, 11) is 0. The van der Waals surface area contributed by atoms with E-state index in [-0.39, 0.29) is 6.10 Å². The van der Waals surface area contributed by atoms with Crippen LogP contribution in [-0.4, -0.2) is 30.8 Å². The van der Waals surface area contributed by atoms with Crippen LogP contribution in [0.5, 0.6) is 0 Å². The average Bonchev–Trinajstić information content (AvgIpc) is 2.22. The van der Waals surface area contributed by atoms with Gasteiger partial charge in [-0.25, -0.2) is 0 Å². The summed E-state index contributed by atoms with van der Waals surface area (Å²) in [4.78, 5) is 0. The summed E-state index contributed by atoms with van der Waals surface area (Å²) in [6.07, 6.45) is 2.63. The molecule has 2 nitrogen and oxygen atoms in total. The summed E-state index contributed by atoms with van der Waals surface area (Å²) >= 11 is 2.02. The molecule has 86 valence electrons. The molecule has 14 heavy (non-hydrogen) atoms. The fraction of sp³-hybridized carbons (Fsp3) is 1.00. The molecule has 0 aromatic rings. The van der Waals surface area contributed by atoms with Crippen molar-refractivity contribution in [3.8, 4) is 0 Å². The molecule has 0 saturated carbocycles. The highest BCUT2D eigenvalue weighted by atomic mass is 32.2. The van der Waals surface area contributed by atoms with Gasteiger partial charge in [0.1, 0.15) is 0 Å². The second-order valence-electron chi connectivity index (χ2n) is 3.69. The van der Waals surface area contributed by atoms with Gasteiger partial charge in [-0.15, -0.1) is 0 Å². The van der Waals surface area contributed by atoms with Crippen LogP contribution in [0.25, 0.3) is 0 Å². The maximum Gasteiger partial charge on any atom is 0.0705 e. The molecule has 0 spiro atoms. The first kappa shape index (κ1) is 14.3. The lowest BCUT2D eigenvalue weighted by Crippen LogP contribution is -2.24. The summed E-state index contributed by atoms with van der Waals surface area (Å²) in [6.45, 7) is 7.99. The molecule has 0 radical (unpaired) electrons. The first-order valence-corrected chi connectivity index (χ1v) is 6.79. The molecule has 0 heterocycles. The number of hydrogen-bond acceptors (Lipinski definition) is 3. The summed E-state index contributed by atoms with van der Waals surface area (Å²) < 4.78 is 5.49. The summed E-state index contributed by atoms with van der Waals surface area (Å²) in [6, 6.07) is 0. The van der Waals surface area contributed by atoms with Gasteiger partial charge in [0.05, 0.1) is 6.10 Å². The zero-order chi connectivity index (χ0) is 10.8. The molecule has 0 aliphatic heterocycles. The third-order valence-electron chi connectivity index (χ3n) is 2.35. The Labute approximate surface area is 93.0 Å². The van der Waals surface area contributed by atoms with E-state index in [0.29, 0.717) is 6.54 Å². The van der Waals surface area contributed by atoms with Gasteiger partial charge in [0.25, 0.3) is 0 Å². The molecule has 0 aromatic heterocycles. The van der Waals surface area contributed by atoms with E-state index >= 15 is 0 Å². The van der Waals surface area contributed by atoms with Crippen molar-refractivity contribution in [3.05, 3.63) is 0 Å². The second-order valence-corrected chi connectivity index (χ2v) is 4.84. The van der Waals surface area contributed by atoms with Crippen molar-refractivity contribution in [1.29, 1.82) is 0 Å².